The molecule has 0 aromatic heterocycles. The Labute approximate surface area is 138 Å². The third-order valence-corrected chi connectivity index (χ3v) is 3.72. The summed E-state index contributed by atoms with van der Waals surface area (Å²) in [6.07, 6.45) is 0. The van der Waals surface area contributed by atoms with E-state index < -0.39 is 0 Å². The summed E-state index contributed by atoms with van der Waals surface area (Å²) in [5.41, 5.74) is 0.552. The van der Waals surface area contributed by atoms with Gasteiger partial charge in [-0.3, -0.25) is 4.79 Å². The molecule has 0 atom stereocenters. The quantitative estimate of drug-likeness (QED) is 0.786. The van der Waals surface area contributed by atoms with Crippen molar-refractivity contribution < 1.29 is 14.3 Å². The predicted molar refractivity (Wildman–Crippen MR) is 89.6 cm³/mol. The monoisotopic (exact) mass is 363 g/mol. The van der Waals surface area contributed by atoms with E-state index in [-0.39, 0.29) is 5.91 Å². The first kappa shape index (κ1) is 16.4. The van der Waals surface area contributed by atoms with Crippen molar-refractivity contribution in [3.05, 3.63) is 58.6 Å². The number of rotatable bonds is 6. The van der Waals surface area contributed by atoms with E-state index in [0.29, 0.717) is 24.5 Å². The average molecular weight is 364 g/mol. The number of halogens is 1. The minimum atomic E-state index is -0.0862. The number of hydrogen-bond donors (Lipinski definition) is 0. The van der Waals surface area contributed by atoms with E-state index in [4.69, 9.17) is 9.47 Å². The molecule has 0 saturated carbocycles. The molecule has 116 valence electrons. The van der Waals surface area contributed by atoms with Crippen LogP contribution in [0.15, 0.2) is 53.0 Å². The fourth-order valence-electron chi connectivity index (χ4n) is 1.96. The van der Waals surface area contributed by atoms with Gasteiger partial charge in [0.2, 0.25) is 0 Å². The van der Waals surface area contributed by atoms with Crippen molar-refractivity contribution >= 4 is 21.8 Å². The standard InChI is InChI=1S/C17H18BrNO3/c1-19(11-12-22-14-9-7-13(18)8-10-14)17(20)15-5-3-4-6-16(15)21-2/h3-10H,11-12H2,1-2H3. The normalized spacial score (nSPS) is 10.1. The lowest BCUT2D eigenvalue weighted by Crippen LogP contribution is -2.31. The van der Waals surface area contributed by atoms with Crippen LogP contribution < -0.4 is 9.47 Å². The van der Waals surface area contributed by atoms with Gasteiger partial charge in [-0.15, -0.1) is 0 Å². The summed E-state index contributed by atoms with van der Waals surface area (Å²) in [4.78, 5) is 14.0. The molecule has 0 unspecified atom stereocenters. The van der Waals surface area contributed by atoms with Gasteiger partial charge in [-0.2, -0.15) is 0 Å². The minimum Gasteiger partial charge on any atom is -0.496 e. The van der Waals surface area contributed by atoms with E-state index in [1.54, 1.807) is 31.2 Å². The molecule has 0 aliphatic rings. The maximum atomic E-state index is 12.4. The van der Waals surface area contributed by atoms with Crippen molar-refractivity contribution in [2.75, 3.05) is 27.3 Å². The Morgan fingerprint density at radius 2 is 1.82 bits per heavy atom. The van der Waals surface area contributed by atoms with Gasteiger partial charge in [-0.05, 0) is 36.4 Å². The molecule has 1 amide bonds. The lowest BCUT2D eigenvalue weighted by Gasteiger charge is -2.18. The summed E-state index contributed by atoms with van der Waals surface area (Å²) in [7, 11) is 3.31. The first-order valence-corrected chi connectivity index (χ1v) is 7.68. The summed E-state index contributed by atoms with van der Waals surface area (Å²) in [5, 5.41) is 0. The highest BCUT2D eigenvalue weighted by atomic mass is 79.9. The van der Waals surface area contributed by atoms with Crippen LogP contribution in [0.3, 0.4) is 0 Å². The Kier molecular flexibility index (Phi) is 5.83. The number of benzene rings is 2. The van der Waals surface area contributed by atoms with Crippen molar-refractivity contribution in [3.8, 4) is 11.5 Å². The number of carbonyl (C=O) groups is 1. The second kappa shape index (κ2) is 7.84. The van der Waals surface area contributed by atoms with Crippen molar-refractivity contribution in [3.63, 3.8) is 0 Å². The van der Waals surface area contributed by atoms with Gasteiger partial charge in [-0.25, -0.2) is 0 Å². The molecule has 5 heteroatoms. The molecule has 2 rings (SSSR count). The van der Waals surface area contributed by atoms with E-state index in [1.165, 1.54) is 0 Å². The topological polar surface area (TPSA) is 38.8 Å². The highest BCUT2D eigenvalue weighted by Crippen LogP contribution is 2.19. The zero-order valence-electron chi connectivity index (χ0n) is 12.6. The predicted octanol–water partition coefficient (Wildman–Crippen LogP) is 3.61. The second-order valence-electron chi connectivity index (χ2n) is 4.73. The number of ether oxygens (including phenoxy) is 2. The Hall–Kier alpha value is -2.01. The maximum Gasteiger partial charge on any atom is 0.257 e. The van der Waals surface area contributed by atoms with Crippen LogP contribution in [0.25, 0.3) is 0 Å². The van der Waals surface area contributed by atoms with E-state index in [0.717, 1.165) is 10.2 Å². The number of carbonyl (C=O) groups excluding carboxylic acids is 1. The van der Waals surface area contributed by atoms with Crippen LogP contribution in [-0.4, -0.2) is 38.1 Å². The summed E-state index contributed by atoms with van der Waals surface area (Å²) in [6, 6.07) is 14.8. The molecular weight excluding hydrogens is 346 g/mol. The van der Waals surface area contributed by atoms with E-state index >= 15 is 0 Å². The summed E-state index contributed by atoms with van der Waals surface area (Å²) in [6.45, 7) is 0.923. The van der Waals surface area contributed by atoms with Gasteiger partial charge in [0, 0.05) is 11.5 Å². The Morgan fingerprint density at radius 1 is 1.14 bits per heavy atom. The highest BCUT2D eigenvalue weighted by molar-refractivity contribution is 9.10. The largest absolute Gasteiger partial charge is 0.496 e. The molecule has 0 fully saturated rings. The van der Waals surface area contributed by atoms with E-state index in [9.17, 15) is 4.79 Å². The molecule has 0 N–H and O–H groups in total. The first-order chi connectivity index (χ1) is 10.6. The van der Waals surface area contributed by atoms with Gasteiger partial charge in [0.1, 0.15) is 18.1 Å². The van der Waals surface area contributed by atoms with Crippen LogP contribution in [0.2, 0.25) is 0 Å². The van der Waals surface area contributed by atoms with Gasteiger partial charge in [-0.1, -0.05) is 28.1 Å². The number of amides is 1. The average Bonchev–Trinajstić information content (AvgIpc) is 2.55. The van der Waals surface area contributed by atoms with Crippen LogP contribution in [0.1, 0.15) is 10.4 Å². The molecule has 0 aliphatic heterocycles. The lowest BCUT2D eigenvalue weighted by molar-refractivity contribution is 0.0770. The van der Waals surface area contributed by atoms with Gasteiger partial charge < -0.3 is 14.4 Å². The van der Waals surface area contributed by atoms with Crippen LogP contribution >= 0.6 is 15.9 Å². The zero-order chi connectivity index (χ0) is 15.9. The molecule has 0 heterocycles. The van der Waals surface area contributed by atoms with E-state index in [2.05, 4.69) is 15.9 Å². The van der Waals surface area contributed by atoms with Gasteiger partial charge in [0.05, 0.1) is 19.2 Å². The van der Waals surface area contributed by atoms with Gasteiger partial charge >= 0.3 is 0 Å². The number of likely N-dealkylation sites (N-methyl/N-ethyl adjacent to an activating group) is 1. The zero-order valence-corrected chi connectivity index (χ0v) is 14.2. The third-order valence-electron chi connectivity index (χ3n) is 3.19. The van der Waals surface area contributed by atoms with Crippen molar-refractivity contribution in [2.24, 2.45) is 0 Å². The molecule has 0 spiro atoms. The molecule has 0 radical (unpaired) electrons. The molecule has 2 aromatic rings. The maximum absolute atomic E-state index is 12.4. The molecule has 22 heavy (non-hydrogen) atoms. The minimum absolute atomic E-state index is 0.0862. The summed E-state index contributed by atoms with van der Waals surface area (Å²) >= 11 is 3.38. The third kappa shape index (κ3) is 4.24. The smallest absolute Gasteiger partial charge is 0.257 e. The molecule has 4 nitrogen and oxygen atoms in total. The van der Waals surface area contributed by atoms with Crippen molar-refractivity contribution in [2.45, 2.75) is 0 Å². The van der Waals surface area contributed by atoms with Crippen LogP contribution in [0, 0.1) is 0 Å². The Morgan fingerprint density at radius 3 is 2.50 bits per heavy atom. The summed E-state index contributed by atoms with van der Waals surface area (Å²) < 4.78 is 11.8. The SMILES string of the molecule is COc1ccccc1C(=O)N(C)CCOc1ccc(Br)cc1. The van der Waals surface area contributed by atoms with E-state index in [1.807, 2.05) is 36.4 Å². The fraction of sp³-hybridized carbons (Fsp3) is 0.235. The van der Waals surface area contributed by atoms with Gasteiger partial charge in [0.15, 0.2) is 0 Å². The number of nitrogens with zero attached hydrogens (tertiary/aromatic N) is 1. The Bertz CT molecular complexity index is 628. The van der Waals surface area contributed by atoms with Crippen LogP contribution in [-0.2, 0) is 0 Å². The summed E-state index contributed by atoms with van der Waals surface area (Å²) in [5.74, 6) is 1.27. The number of para-hydroxylation sites is 1. The lowest BCUT2D eigenvalue weighted by atomic mass is 10.2. The molecule has 0 bridgehead atoms. The first-order valence-electron chi connectivity index (χ1n) is 6.88. The molecule has 0 aliphatic carbocycles. The number of methoxy groups -OCH3 is 1. The molecule has 2 aromatic carbocycles. The van der Waals surface area contributed by atoms with Crippen molar-refractivity contribution in [1.29, 1.82) is 0 Å². The van der Waals surface area contributed by atoms with Crippen LogP contribution in [0.4, 0.5) is 0 Å². The molecular formula is C17H18BrNO3. The second-order valence-corrected chi connectivity index (χ2v) is 5.65. The fourth-order valence-corrected chi connectivity index (χ4v) is 2.22. The number of hydrogen-bond acceptors (Lipinski definition) is 3. The van der Waals surface area contributed by atoms with Crippen LogP contribution in [0.5, 0.6) is 11.5 Å². The van der Waals surface area contributed by atoms with Crippen molar-refractivity contribution in [1.82, 2.24) is 4.90 Å². The highest BCUT2D eigenvalue weighted by Gasteiger charge is 2.15. The van der Waals surface area contributed by atoms with Gasteiger partial charge in [0.25, 0.3) is 5.91 Å². The molecule has 0 saturated heterocycles. The Balaban J connectivity index is 1.90.